The maximum atomic E-state index is 12.9. The van der Waals surface area contributed by atoms with Crippen molar-refractivity contribution in [2.24, 2.45) is 0 Å². The first-order chi connectivity index (χ1) is 33.5. The van der Waals surface area contributed by atoms with Gasteiger partial charge in [-0.05, 0) is 64.2 Å². The molecule has 0 aromatic heterocycles. The average Bonchev–Trinajstić information content (AvgIpc) is 3.34. The van der Waals surface area contributed by atoms with Crippen molar-refractivity contribution in [2.75, 3.05) is 13.2 Å². The maximum absolute atomic E-state index is 12.9. The maximum Gasteiger partial charge on any atom is 0.306 e. The number of carbonyl (C=O) groups is 3. The summed E-state index contributed by atoms with van der Waals surface area (Å²) >= 11 is 0. The van der Waals surface area contributed by atoms with E-state index in [2.05, 4.69) is 45.1 Å². The number of hydrogen-bond acceptors (Lipinski definition) is 6. The van der Waals surface area contributed by atoms with Crippen LogP contribution < -0.4 is 0 Å². The molecule has 1 atom stereocenters. The SMILES string of the molecule is CCC/C=C\CCCCCCCC(=O)OCC(COC(=O)CCCCCCCCCCCCCCCCCCCCCCCC)OC(=O)CCCCCCCCC/C=C\CCCCCCCCC. The van der Waals surface area contributed by atoms with Crippen LogP contribution in [0.15, 0.2) is 24.3 Å². The van der Waals surface area contributed by atoms with Crippen molar-refractivity contribution in [2.45, 2.75) is 341 Å². The second-order valence-corrected chi connectivity index (χ2v) is 20.6. The molecule has 0 spiro atoms. The highest BCUT2D eigenvalue weighted by molar-refractivity contribution is 5.71. The van der Waals surface area contributed by atoms with E-state index in [1.165, 1.54) is 225 Å². The summed E-state index contributed by atoms with van der Waals surface area (Å²) < 4.78 is 16.9. The topological polar surface area (TPSA) is 78.9 Å². The zero-order chi connectivity index (χ0) is 49.3. The average molecular weight is 958 g/mol. The van der Waals surface area contributed by atoms with Crippen molar-refractivity contribution < 1.29 is 28.6 Å². The molecule has 1 unspecified atom stereocenters. The van der Waals surface area contributed by atoms with E-state index in [-0.39, 0.29) is 31.1 Å². The van der Waals surface area contributed by atoms with Gasteiger partial charge in [-0.3, -0.25) is 14.4 Å². The van der Waals surface area contributed by atoms with Gasteiger partial charge in [0.2, 0.25) is 0 Å². The normalized spacial score (nSPS) is 12.1. The summed E-state index contributed by atoms with van der Waals surface area (Å²) in [6, 6.07) is 0. The van der Waals surface area contributed by atoms with Gasteiger partial charge >= 0.3 is 17.9 Å². The van der Waals surface area contributed by atoms with E-state index in [1.54, 1.807) is 0 Å². The molecule has 6 heteroatoms. The van der Waals surface area contributed by atoms with E-state index in [0.717, 1.165) is 70.6 Å². The highest BCUT2D eigenvalue weighted by Gasteiger charge is 2.19. The second kappa shape index (κ2) is 57.5. The molecule has 0 fully saturated rings. The Morgan fingerprint density at radius 3 is 0.794 bits per heavy atom. The molecule has 0 heterocycles. The first-order valence-corrected chi connectivity index (χ1v) is 30.3. The first kappa shape index (κ1) is 65.9. The molecule has 400 valence electrons. The zero-order valence-electron chi connectivity index (χ0n) is 45.9. The van der Waals surface area contributed by atoms with Gasteiger partial charge < -0.3 is 14.2 Å². The van der Waals surface area contributed by atoms with Crippen LogP contribution in [0.5, 0.6) is 0 Å². The molecular weight excluding hydrogens is 841 g/mol. The van der Waals surface area contributed by atoms with Crippen LogP contribution in [-0.4, -0.2) is 37.2 Å². The lowest BCUT2D eigenvalue weighted by Crippen LogP contribution is -2.30. The van der Waals surface area contributed by atoms with Gasteiger partial charge in [0.25, 0.3) is 0 Å². The number of unbranched alkanes of at least 4 members (excludes halogenated alkanes) is 41. The summed E-state index contributed by atoms with van der Waals surface area (Å²) in [4.78, 5) is 38.1. The molecule has 0 saturated heterocycles. The third kappa shape index (κ3) is 54.8. The van der Waals surface area contributed by atoms with Crippen molar-refractivity contribution in [1.29, 1.82) is 0 Å². The number of allylic oxidation sites excluding steroid dienone is 4. The van der Waals surface area contributed by atoms with Gasteiger partial charge in [0.1, 0.15) is 13.2 Å². The third-order valence-electron chi connectivity index (χ3n) is 13.7. The van der Waals surface area contributed by atoms with Crippen LogP contribution in [0.4, 0.5) is 0 Å². The fourth-order valence-corrected chi connectivity index (χ4v) is 9.09. The summed E-state index contributed by atoms with van der Waals surface area (Å²) in [6.07, 6.45) is 67.6. The summed E-state index contributed by atoms with van der Waals surface area (Å²) in [6.45, 7) is 6.62. The molecule has 0 amide bonds. The van der Waals surface area contributed by atoms with Gasteiger partial charge in [-0.1, -0.05) is 276 Å². The Bertz CT molecular complexity index is 1100. The lowest BCUT2D eigenvalue weighted by molar-refractivity contribution is -0.167. The van der Waals surface area contributed by atoms with Crippen LogP contribution in [0.2, 0.25) is 0 Å². The standard InChI is InChI=1S/C62H116O6/c1-4-7-10-13-16-19-22-24-26-28-30-31-32-33-35-36-38-40-43-46-49-52-55-61(64)67-58-59(57-66-60(63)54-51-48-45-42-21-18-15-12-9-6-3)68-62(65)56-53-50-47-44-41-39-37-34-29-27-25-23-20-17-14-11-8-5-2/h12,15,27,29,59H,4-11,13-14,16-26,28,30-58H2,1-3H3/b15-12-,29-27-. The van der Waals surface area contributed by atoms with E-state index in [9.17, 15) is 14.4 Å². The molecule has 0 saturated carbocycles. The van der Waals surface area contributed by atoms with E-state index in [0.29, 0.717) is 19.3 Å². The highest BCUT2D eigenvalue weighted by atomic mass is 16.6. The highest BCUT2D eigenvalue weighted by Crippen LogP contribution is 2.17. The molecule has 0 aromatic carbocycles. The first-order valence-electron chi connectivity index (χ1n) is 30.3. The molecule has 0 aliphatic heterocycles. The molecule has 0 aromatic rings. The Morgan fingerprint density at radius 2 is 0.515 bits per heavy atom. The Morgan fingerprint density at radius 1 is 0.279 bits per heavy atom. The Balaban J connectivity index is 4.21. The predicted molar refractivity (Wildman–Crippen MR) is 293 cm³/mol. The molecule has 68 heavy (non-hydrogen) atoms. The minimum atomic E-state index is -0.773. The molecule has 0 aliphatic carbocycles. The van der Waals surface area contributed by atoms with Crippen molar-refractivity contribution in [3.05, 3.63) is 24.3 Å². The monoisotopic (exact) mass is 957 g/mol. The third-order valence-corrected chi connectivity index (χ3v) is 13.7. The summed E-state index contributed by atoms with van der Waals surface area (Å²) in [5.41, 5.74) is 0. The number of rotatable bonds is 56. The molecule has 0 aliphatic rings. The number of carbonyl (C=O) groups excluding carboxylic acids is 3. The molecule has 6 nitrogen and oxygen atoms in total. The smallest absolute Gasteiger partial charge is 0.306 e. The van der Waals surface area contributed by atoms with Crippen LogP contribution >= 0.6 is 0 Å². The Labute approximate surface area is 423 Å². The number of esters is 3. The predicted octanol–water partition coefficient (Wildman–Crippen LogP) is 20.3. The minimum absolute atomic E-state index is 0.0713. The van der Waals surface area contributed by atoms with Crippen molar-refractivity contribution >= 4 is 17.9 Å². The summed E-state index contributed by atoms with van der Waals surface area (Å²) in [5, 5.41) is 0. The van der Waals surface area contributed by atoms with Crippen LogP contribution in [-0.2, 0) is 28.6 Å². The van der Waals surface area contributed by atoms with E-state index >= 15 is 0 Å². The Hall–Kier alpha value is -2.11. The van der Waals surface area contributed by atoms with Crippen molar-refractivity contribution in [1.82, 2.24) is 0 Å². The van der Waals surface area contributed by atoms with Gasteiger partial charge in [0.05, 0.1) is 0 Å². The molecular formula is C62H116O6. The van der Waals surface area contributed by atoms with Crippen molar-refractivity contribution in [3.63, 3.8) is 0 Å². The lowest BCUT2D eigenvalue weighted by Gasteiger charge is -2.18. The van der Waals surface area contributed by atoms with E-state index < -0.39 is 6.10 Å². The zero-order valence-corrected chi connectivity index (χ0v) is 45.9. The largest absolute Gasteiger partial charge is 0.462 e. The van der Waals surface area contributed by atoms with Crippen molar-refractivity contribution in [3.8, 4) is 0 Å². The van der Waals surface area contributed by atoms with Crippen LogP contribution in [0.25, 0.3) is 0 Å². The van der Waals surface area contributed by atoms with Crippen LogP contribution in [0.3, 0.4) is 0 Å². The Kier molecular flexibility index (Phi) is 55.7. The van der Waals surface area contributed by atoms with E-state index in [1.807, 2.05) is 0 Å². The second-order valence-electron chi connectivity index (χ2n) is 20.6. The summed E-state index contributed by atoms with van der Waals surface area (Å²) in [7, 11) is 0. The lowest BCUT2D eigenvalue weighted by atomic mass is 10.0. The van der Waals surface area contributed by atoms with Gasteiger partial charge in [0.15, 0.2) is 6.10 Å². The molecule has 0 N–H and O–H groups in total. The molecule has 0 radical (unpaired) electrons. The van der Waals surface area contributed by atoms with Crippen LogP contribution in [0, 0.1) is 0 Å². The number of hydrogen-bond donors (Lipinski definition) is 0. The van der Waals surface area contributed by atoms with E-state index in [4.69, 9.17) is 14.2 Å². The van der Waals surface area contributed by atoms with Gasteiger partial charge in [-0.2, -0.15) is 0 Å². The number of ether oxygens (including phenoxy) is 3. The summed E-state index contributed by atoms with van der Waals surface area (Å²) in [5.74, 6) is -0.866. The fraction of sp³-hybridized carbons (Fsp3) is 0.887. The van der Waals surface area contributed by atoms with Gasteiger partial charge in [-0.15, -0.1) is 0 Å². The minimum Gasteiger partial charge on any atom is -0.462 e. The quantitative estimate of drug-likeness (QED) is 0.0262. The van der Waals surface area contributed by atoms with Gasteiger partial charge in [-0.25, -0.2) is 0 Å². The molecule has 0 rings (SSSR count). The molecule has 0 bridgehead atoms. The fourth-order valence-electron chi connectivity index (χ4n) is 9.09. The van der Waals surface area contributed by atoms with Crippen LogP contribution in [0.1, 0.15) is 335 Å². The van der Waals surface area contributed by atoms with Gasteiger partial charge in [0, 0.05) is 19.3 Å².